The second kappa shape index (κ2) is 8.55. The van der Waals surface area contributed by atoms with Gasteiger partial charge in [0.05, 0.1) is 0 Å². The summed E-state index contributed by atoms with van der Waals surface area (Å²) in [5.41, 5.74) is 8.69. The van der Waals surface area contributed by atoms with Crippen LogP contribution in [0.15, 0.2) is 24.3 Å². The van der Waals surface area contributed by atoms with Gasteiger partial charge < -0.3 is 5.73 Å². The summed E-state index contributed by atoms with van der Waals surface area (Å²) in [6.07, 6.45) is 7.89. The zero-order chi connectivity index (χ0) is 15.1. The third-order valence-electron chi connectivity index (χ3n) is 4.74. The first-order chi connectivity index (χ1) is 10.2. The quantitative estimate of drug-likeness (QED) is 0.784. The van der Waals surface area contributed by atoms with Gasteiger partial charge in [-0.05, 0) is 55.8 Å². The number of hydrogen-bond donors (Lipinski definition) is 1. The zero-order valence-electron chi connectivity index (χ0n) is 13.9. The van der Waals surface area contributed by atoms with E-state index in [9.17, 15) is 0 Å². The zero-order valence-corrected chi connectivity index (χ0v) is 13.9. The van der Waals surface area contributed by atoms with Gasteiger partial charge in [-0.3, -0.25) is 4.90 Å². The van der Waals surface area contributed by atoms with Crippen molar-refractivity contribution < 1.29 is 0 Å². The molecule has 0 saturated heterocycles. The molecule has 2 heteroatoms. The van der Waals surface area contributed by atoms with Crippen LogP contribution in [0.5, 0.6) is 0 Å². The van der Waals surface area contributed by atoms with E-state index in [-0.39, 0.29) is 0 Å². The Morgan fingerprint density at radius 2 is 1.81 bits per heavy atom. The molecule has 21 heavy (non-hydrogen) atoms. The van der Waals surface area contributed by atoms with Gasteiger partial charge in [0.2, 0.25) is 0 Å². The average Bonchev–Trinajstić information content (AvgIpc) is 2.99. The predicted molar refractivity (Wildman–Crippen MR) is 91.3 cm³/mol. The Morgan fingerprint density at radius 1 is 1.14 bits per heavy atom. The molecule has 0 amide bonds. The van der Waals surface area contributed by atoms with E-state index in [2.05, 4.69) is 43.0 Å². The van der Waals surface area contributed by atoms with Crippen LogP contribution < -0.4 is 5.73 Å². The summed E-state index contributed by atoms with van der Waals surface area (Å²) in [6.45, 7) is 7.74. The number of hydrogen-bond acceptors (Lipinski definition) is 2. The number of nitrogens with two attached hydrogens (primary N) is 1. The second-order valence-corrected chi connectivity index (χ2v) is 6.90. The van der Waals surface area contributed by atoms with E-state index in [4.69, 9.17) is 5.73 Å². The van der Waals surface area contributed by atoms with Crippen LogP contribution in [0.1, 0.15) is 57.1 Å². The number of nitrogens with zero attached hydrogens (tertiary/aromatic N) is 1. The van der Waals surface area contributed by atoms with Crippen molar-refractivity contribution in [2.45, 2.75) is 65.0 Å². The summed E-state index contributed by atoms with van der Waals surface area (Å²) >= 11 is 0. The van der Waals surface area contributed by atoms with Gasteiger partial charge in [0.1, 0.15) is 0 Å². The summed E-state index contributed by atoms with van der Waals surface area (Å²) in [6, 6.07) is 9.65. The van der Waals surface area contributed by atoms with Gasteiger partial charge in [-0.25, -0.2) is 0 Å². The minimum Gasteiger partial charge on any atom is -0.330 e. The van der Waals surface area contributed by atoms with E-state index in [1.165, 1.54) is 49.8 Å². The molecule has 1 fully saturated rings. The van der Waals surface area contributed by atoms with Crippen molar-refractivity contribution in [1.29, 1.82) is 0 Å². The summed E-state index contributed by atoms with van der Waals surface area (Å²) in [7, 11) is 0. The molecule has 0 aromatic heterocycles. The van der Waals surface area contributed by atoms with Crippen LogP contribution >= 0.6 is 0 Å². The fourth-order valence-electron chi connectivity index (χ4n) is 3.41. The van der Waals surface area contributed by atoms with E-state index in [1.807, 2.05) is 0 Å². The van der Waals surface area contributed by atoms with Crippen LogP contribution in [0.25, 0.3) is 0 Å². The minimum absolute atomic E-state index is 0.742. The van der Waals surface area contributed by atoms with Crippen molar-refractivity contribution in [3.63, 3.8) is 0 Å². The molecule has 1 aliphatic rings. The summed E-state index contributed by atoms with van der Waals surface area (Å²) in [5, 5.41) is 0. The first kappa shape index (κ1) is 16.5. The van der Waals surface area contributed by atoms with Gasteiger partial charge in [-0.1, -0.05) is 51.0 Å². The van der Waals surface area contributed by atoms with Crippen molar-refractivity contribution in [3.05, 3.63) is 35.4 Å². The fourth-order valence-corrected chi connectivity index (χ4v) is 3.41. The molecule has 2 N–H and O–H groups in total. The van der Waals surface area contributed by atoms with Gasteiger partial charge in [0.15, 0.2) is 0 Å². The van der Waals surface area contributed by atoms with E-state index in [0.717, 1.165) is 31.5 Å². The molecule has 0 heterocycles. The summed E-state index contributed by atoms with van der Waals surface area (Å²) in [5.74, 6) is 0.785. The maximum absolute atomic E-state index is 5.77. The first-order valence-corrected chi connectivity index (χ1v) is 8.71. The average molecular weight is 288 g/mol. The van der Waals surface area contributed by atoms with Crippen LogP contribution in [0.3, 0.4) is 0 Å². The lowest BCUT2D eigenvalue weighted by molar-refractivity contribution is 0.179. The molecule has 1 aromatic carbocycles. The highest BCUT2D eigenvalue weighted by molar-refractivity contribution is 5.27. The second-order valence-electron chi connectivity index (χ2n) is 6.90. The highest BCUT2D eigenvalue weighted by atomic mass is 15.2. The smallest absolute Gasteiger partial charge is 0.0239 e. The predicted octanol–water partition coefficient (Wildman–Crippen LogP) is 3.98. The standard InChI is InChI=1S/C19H32N2/c1-16(2)12-14-21(19-9-5-6-10-19)15-18-8-4-3-7-17(18)11-13-20/h3-4,7-8,16,19H,5-6,9-15,20H2,1-2H3. The summed E-state index contributed by atoms with van der Waals surface area (Å²) in [4.78, 5) is 2.74. The van der Waals surface area contributed by atoms with Crippen LogP contribution in [-0.4, -0.2) is 24.0 Å². The first-order valence-electron chi connectivity index (χ1n) is 8.71. The van der Waals surface area contributed by atoms with Crippen LogP contribution in [0, 0.1) is 5.92 Å². The van der Waals surface area contributed by atoms with Gasteiger partial charge in [0.25, 0.3) is 0 Å². The number of rotatable bonds is 8. The van der Waals surface area contributed by atoms with Crippen molar-refractivity contribution in [2.75, 3.05) is 13.1 Å². The van der Waals surface area contributed by atoms with E-state index in [0.29, 0.717) is 0 Å². The fraction of sp³-hybridized carbons (Fsp3) is 0.684. The molecule has 1 aromatic rings. The van der Waals surface area contributed by atoms with Crippen LogP contribution in [0.4, 0.5) is 0 Å². The Labute approximate surface area is 130 Å². The molecule has 0 radical (unpaired) electrons. The normalized spacial score (nSPS) is 16.2. The molecular formula is C19H32N2. The minimum atomic E-state index is 0.742. The molecule has 0 bridgehead atoms. The van der Waals surface area contributed by atoms with Crippen molar-refractivity contribution in [1.82, 2.24) is 4.90 Å². The maximum atomic E-state index is 5.77. The summed E-state index contributed by atoms with van der Waals surface area (Å²) < 4.78 is 0. The highest BCUT2D eigenvalue weighted by Gasteiger charge is 2.23. The SMILES string of the molecule is CC(C)CCN(Cc1ccccc1CCN)C1CCCC1. The monoisotopic (exact) mass is 288 g/mol. The molecule has 0 atom stereocenters. The van der Waals surface area contributed by atoms with Crippen molar-refractivity contribution in [3.8, 4) is 0 Å². The Kier molecular flexibility index (Phi) is 6.72. The molecule has 2 rings (SSSR count). The highest BCUT2D eigenvalue weighted by Crippen LogP contribution is 2.26. The Bertz CT molecular complexity index is 408. The number of benzene rings is 1. The molecule has 1 saturated carbocycles. The topological polar surface area (TPSA) is 29.3 Å². The van der Waals surface area contributed by atoms with Gasteiger partial charge in [0, 0.05) is 12.6 Å². The van der Waals surface area contributed by atoms with Gasteiger partial charge >= 0.3 is 0 Å². The lowest BCUT2D eigenvalue weighted by Gasteiger charge is -2.30. The molecule has 1 aliphatic carbocycles. The molecule has 2 nitrogen and oxygen atoms in total. The van der Waals surface area contributed by atoms with E-state index >= 15 is 0 Å². The van der Waals surface area contributed by atoms with Crippen molar-refractivity contribution >= 4 is 0 Å². The van der Waals surface area contributed by atoms with E-state index < -0.39 is 0 Å². The Morgan fingerprint density at radius 3 is 2.43 bits per heavy atom. The third kappa shape index (κ3) is 5.12. The Balaban J connectivity index is 2.06. The lowest BCUT2D eigenvalue weighted by Crippen LogP contribution is -2.34. The third-order valence-corrected chi connectivity index (χ3v) is 4.74. The van der Waals surface area contributed by atoms with Crippen molar-refractivity contribution in [2.24, 2.45) is 11.7 Å². The Hall–Kier alpha value is -0.860. The van der Waals surface area contributed by atoms with Crippen LogP contribution in [-0.2, 0) is 13.0 Å². The molecule has 118 valence electrons. The molecule has 0 aliphatic heterocycles. The van der Waals surface area contributed by atoms with Crippen LogP contribution in [0.2, 0.25) is 0 Å². The van der Waals surface area contributed by atoms with Gasteiger partial charge in [-0.2, -0.15) is 0 Å². The molecule has 0 spiro atoms. The van der Waals surface area contributed by atoms with Gasteiger partial charge in [-0.15, -0.1) is 0 Å². The van der Waals surface area contributed by atoms with E-state index in [1.54, 1.807) is 0 Å². The molecule has 0 unspecified atom stereocenters. The maximum Gasteiger partial charge on any atom is 0.0239 e. The lowest BCUT2D eigenvalue weighted by atomic mass is 10.0. The largest absolute Gasteiger partial charge is 0.330 e. The molecular weight excluding hydrogens is 256 g/mol.